The summed E-state index contributed by atoms with van der Waals surface area (Å²) in [6.07, 6.45) is 3.34. The van der Waals surface area contributed by atoms with Crippen LogP contribution in [-0.4, -0.2) is 60.2 Å². The smallest absolute Gasteiger partial charge is 0.359 e. The molecule has 0 saturated carbocycles. The van der Waals surface area contributed by atoms with E-state index in [0.717, 1.165) is 42.9 Å². The minimum atomic E-state index is -0.702. The van der Waals surface area contributed by atoms with E-state index in [2.05, 4.69) is 10.6 Å². The molecule has 0 aliphatic carbocycles. The number of hydrogen-bond donors (Lipinski definition) is 5. The molecule has 0 fully saturated rings. The van der Waals surface area contributed by atoms with Gasteiger partial charge < -0.3 is 40.3 Å². The number of carbonyl (C=O) groups is 2. The van der Waals surface area contributed by atoms with Gasteiger partial charge in [-0.3, -0.25) is 0 Å². The summed E-state index contributed by atoms with van der Waals surface area (Å²) < 4.78 is 11.4. The van der Waals surface area contributed by atoms with E-state index in [0.29, 0.717) is 55.5 Å². The van der Waals surface area contributed by atoms with E-state index in [1.54, 1.807) is 60.7 Å². The molecule has 0 spiro atoms. The van der Waals surface area contributed by atoms with Gasteiger partial charge in [0, 0.05) is 31.3 Å². The van der Waals surface area contributed by atoms with Crippen LogP contribution in [0.25, 0.3) is 0 Å². The van der Waals surface area contributed by atoms with Gasteiger partial charge in [0.2, 0.25) is 0 Å². The molecule has 0 aliphatic heterocycles. The number of hydroxylamine groups is 1. The van der Waals surface area contributed by atoms with Crippen molar-refractivity contribution in [2.45, 2.75) is 51.9 Å². The van der Waals surface area contributed by atoms with Crippen LogP contribution in [0, 0.1) is 0 Å². The van der Waals surface area contributed by atoms with Crippen LogP contribution in [0.5, 0.6) is 5.75 Å². The molecule has 0 saturated heterocycles. The third kappa shape index (κ3) is 12.3. The highest BCUT2D eigenvalue weighted by Gasteiger charge is 2.20. The maximum absolute atomic E-state index is 12.7. The summed E-state index contributed by atoms with van der Waals surface area (Å²) in [5.41, 5.74) is 2.94. The fourth-order valence-corrected chi connectivity index (χ4v) is 4.28. The van der Waals surface area contributed by atoms with E-state index >= 15 is 0 Å². The Morgan fingerprint density at radius 2 is 1.61 bits per heavy atom. The van der Waals surface area contributed by atoms with E-state index in [9.17, 15) is 24.9 Å². The van der Waals surface area contributed by atoms with Gasteiger partial charge in [0.1, 0.15) is 5.75 Å². The zero-order valence-electron chi connectivity index (χ0n) is 25.1. The number of ether oxygens (including phenoxy) is 2. The second-order valence-electron chi connectivity index (χ2n) is 10.2. The summed E-state index contributed by atoms with van der Waals surface area (Å²) in [5.74, 6) is -0.592. The van der Waals surface area contributed by atoms with E-state index in [4.69, 9.17) is 14.3 Å². The van der Waals surface area contributed by atoms with Crippen molar-refractivity contribution in [2.24, 2.45) is 0 Å². The number of para-hydroxylation sites is 1. The number of nitrogens with zero attached hydrogens (tertiary/aromatic N) is 1. The lowest BCUT2D eigenvalue weighted by Crippen LogP contribution is -2.36. The van der Waals surface area contributed by atoms with Crippen molar-refractivity contribution in [3.8, 4) is 5.75 Å². The molecule has 0 heterocycles. The summed E-state index contributed by atoms with van der Waals surface area (Å²) in [4.78, 5) is 29.4. The van der Waals surface area contributed by atoms with E-state index in [1.807, 2.05) is 6.07 Å². The highest BCUT2D eigenvalue weighted by molar-refractivity contribution is 6.01. The summed E-state index contributed by atoms with van der Waals surface area (Å²) in [6.45, 7) is 4.14. The maximum atomic E-state index is 12.7. The molecular weight excluding hydrogens is 566 g/mol. The van der Waals surface area contributed by atoms with E-state index < -0.39 is 18.1 Å². The fraction of sp³-hybridized carbons (Fsp3) is 0.394. The van der Waals surface area contributed by atoms with Crippen molar-refractivity contribution in [1.82, 2.24) is 5.32 Å². The second-order valence-corrected chi connectivity index (χ2v) is 10.2. The normalized spacial score (nSPS) is 11.6. The molecule has 5 N–H and O–H groups in total. The number of unbranched alkanes of at least 4 members (excludes halogenated alkanes) is 3. The number of aliphatic hydroxyl groups is 2. The zero-order valence-corrected chi connectivity index (χ0v) is 25.1. The van der Waals surface area contributed by atoms with Crippen LogP contribution in [0.4, 0.5) is 16.2 Å². The largest absolute Gasteiger partial charge is 0.508 e. The molecule has 2 amide bonds. The van der Waals surface area contributed by atoms with Crippen LogP contribution in [-0.2, 0) is 32.3 Å². The number of rotatable bonds is 18. The van der Waals surface area contributed by atoms with Crippen LogP contribution in [0.15, 0.2) is 72.8 Å². The Hall–Kier alpha value is -4.00. The summed E-state index contributed by atoms with van der Waals surface area (Å²) in [5, 5.41) is 36.0. The summed E-state index contributed by atoms with van der Waals surface area (Å²) in [7, 11) is 0. The number of benzene rings is 3. The number of hydrogen-bond acceptors (Lipinski definition) is 9. The third-order valence-electron chi connectivity index (χ3n) is 6.63. The first-order chi connectivity index (χ1) is 21.4. The Bertz CT molecular complexity index is 1270. The van der Waals surface area contributed by atoms with Crippen molar-refractivity contribution >= 4 is 23.4 Å². The lowest BCUT2D eigenvalue weighted by atomic mass is 10.1. The maximum Gasteiger partial charge on any atom is 0.359 e. The SMILES string of the molecule is CC(=O)ON(C(=O)Nc1ccccc1)c1ccc(COCCOCCCCCCNC[C@H](O)c2ccc(O)c(CO)c2)cc1. The van der Waals surface area contributed by atoms with Gasteiger partial charge in [0.05, 0.1) is 38.2 Å². The molecule has 1 atom stereocenters. The summed E-state index contributed by atoms with van der Waals surface area (Å²) in [6, 6.07) is 20.0. The number of phenols is 1. The Balaban J connectivity index is 1.22. The molecule has 3 rings (SSSR count). The van der Waals surface area contributed by atoms with Crippen LogP contribution >= 0.6 is 0 Å². The van der Waals surface area contributed by atoms with Gasteiger partial charge in [-0.25, -0.2) is 9.59 Å². The number of urea groups is 1. The minimum absolute atomic E-state index is 0.0229. The first-order valence-electron chi connectivity index (χ1n) is 14.8. The zero-order chi connectivity index (χ0) is 31.6. The van der Waals surface area contributed by atoms with Gasteiger partial charge in [0.15, 0.2) is 0 Å². The third-order valence-corrected chi connectivity index (χ3v) is 6.63. The van der Waals surface area contributed by atoms with Gasteiger partial charge in [-0.1, -0.05) is 49.2 Å². The second kappa shape index (κ2) is 19.3. The molecule has 0 aromatic heterocycles. The molecule has 0 bridgehead atoms. The first kappa shape index (κ1) is 34.5. The highest BCUT2D eigenvalue weighted by Crippen LogP contribution is 2.22. The summed E-state index contributed by atoms with van der Waals surface area (Å²) >= 11 is 0. The van der Waals surface area contributed by atoms with Gasteiger partial charge in [-0.2, -0.15) is 0 Å². The lowest BCUT2D eigenvalue weighted by Gasteiger charge is -2.21. The topological polar surface area (TPSA) is 150 Å². The fourth-order valence-electron chi connectivity index (χ4n) is 4.28. The van der Waals surface area contributed by atoms with Crippen LogP contribution in [0.1, 0.15) is 55.4 Å². The van der Waals surface area contributed by atoms with Crippen LogP contribution in [0.2, 0.25) is 0 Å². The molecule has 3 aromatic rings. The number of anilines is 2. The highest BCUT2D eigenvalue weighted by atomic mass is 16.7. The quantitative estimate of drug-likeness (QED) is 0.101. The molecule has 0 aliphatic rings. The Morgan fingerprint density at radius 1 is 0.886 bits per heavy atom. The van der Waals surface area contributed by atoms with E-state index in [1.165, 1.54) is 13.0 Å². The minimum Gasteiger partial charge on any atom is -0.508 e. The molecular formula is C33H43N3O8. The molecule has 0 radical (unpaired) electrons. The average molecular weight is 610 g/mol. The standard InChI is InChI=1S/C33H43N3O8/c1-25(38)44-36(33(41)35-29-9-5-4-6-10-29)30-14-11-26(12-15-30)24-43-20-19-42-18-8-3-2-7-17-34-22-32(40)27-13-16-31(39)28(21-27)23-37/h4-6,9-16,21,32,34,37,39-40H,2-3,7-8,17-20,22-24H2,1H3,(H,35,41)/t32-/m0/s1. The molecule has 0 unspecified atom stereocenters. The first-order valence-corrected chi connectivity index (χ1v) is 14.8. The van der Waals surface area contributed by atoms with Crippen LogP contribution < -0.4 is 15.7 Å². The van der Waals surface area contributed by atoms with Crippen LogP contribution in [0.3, 0.4) is 0 Å². The number of aliphatic hydroxyl groups excluding tert-OH is 2. The van der Waals surface area contributed by atoms with Gasteiger partial charge in [0.25, 0.3) is 0 Å². The van der Waals surface area contributed by atoms with Crippen molar-refractivity contribution < 1.29 is 39.2 Å². The molecule has 44 heavy (non-hydrogen) atoms. The molecule has 3 aromatic carbocycles. The van der Waals surface area contributed by atoms with E-state index in [-0.39, 0.29) is 12.4 Å². The number of amides is 2. The van der Waals surface area contributed by atoms with Gasteiger partial charge in [-0.05, 0) is 66.9 Å². The van der Waals surface area contributed by atoms with Crippen molar-refractivity contribution in [3.05, 3.63) is 89.5 Å². The number of aromatic hydroxyl groups is 1. The Kier molecular flexibility index (Phi) is 15.1. The number of carbonyl (C=O) groups excluding carboxylic acids is 2. The predicted molar refractivity (Wildman–Crippen MR) is 167 cm³/mol. The van der Waals surface area contributed by atoms with Crippen molar-refractivity contribution in [2.75, 3.05) is 43.3 Å². The predicted octanol–water partition coefficient (Wildman–Crippen LogP) is 4.82. The average Bonchev–Trinajstić information content (AvgIpc) is 3.03. The molecule has 11 heteroatoms. The molecule has 238 valence electrons. The van der Waals surface area contributed by atoms with Gasteiger partial charge in [-0.15, -0.1) is 5.06 Å². The van der Waals surface area contributed by atoms with Crippen molar-refractivity contribution in [1.29, 1.82) is 0 Å². The Labute approximate surface area is 258 Å². The number of nitrogens with one attached hydrogen (secondary N) is 2. The monoisotopic (exact) mass is 609 g/mol. The van der Waals surface area contributed by atoms with Gasteiger partial charge >= 0.3 is 12.0 Å². The lowest BCUT2D eigenvalue weighted by molar-refractivity contribution is -0.141. The Morgan fingerprint density at radius 3 is 2.34 bits per heavy atom. The van der Waals surface area contributed by atoms with Crippen molar-refractivity contribution in [3.63, 3.8) is 0 Å². The molecule has 11 nitrogen and oxygen atoms in total.